The van der Waals surface area contributed by atoms with E-state index in [1.54, 1.807) is 41.5 Å². The predicted molar refractivity (Wildman–Crippen MR) is 92.7 cm³/mol. The molecule has 0 aromatic carbocycles. The molecule has 0 amide bonds. The maximum absolute atomic E-state index is 10.5. The van der Waals surface area contributed by atoms with Crippen LogP contribution in [-0.2, 0) is 30.8 Å². The fourth-order valence-corrected chi connectivity index (χ4v) is 2.01. The molecule has 0 spiro atoms. The minimum atomic E-state index is -2.65. The van der Waals surface area contributed by atoms with Crippen LogP contribution in [0.15, 0.2) is 0 Å². The molecule has 0 heterocycles. The van der Waals surface area contributed by atoms with Crippen molar-refractivity contribution in [3.63, 3.8) is 0 Å². The Morgan fingerprint density at radius 2 is 0.591 bits per heavy atom. The van der Waals surface area contributed by atoms with Crippen LogP contribution in [0.1, 0.15) is 41.5 Å². The summed E-state index contributed by atoms with van der Waals surface area (Å²) in [6.07, 6.45) is 2.44. The maximum Gasteiger partial charge on any atom is 0.200 e. The molecule has 22 heavy (non-hydrogen) atoms. The van der Waals surface area contributed by atoms with E-state index in [1.807, 2.05) is 0 Å². The van der Waals surface area contributed by atoms with E-state index < -0.39 is 22.1 Å². The zero-order valence-corrected chi connectivity index (χ0v) is 18.3. The third kappa shape index (κ3) is 23.4. The Labute approximate surface area is 146 Å². The first-order valence-electron chi connectivity index (χ1n) is 7.29. The van der Waals surface area contributed by atoms with Crippen molar-refractivity contribution in [3.05, 3.63) is 0 Å². The van der Waals surface area contributed by atoms with Gasteiger partial charge < -0.3 is 14.7 Å². The van der Waals surface area contributed by atoms with Gasteiger partial charge in [-0.25, -0.2) is 0 Å². The van der Waals surface area contributed by atoms with Crippen LogP contribution in [0.25, 0.3) is 0 Å². The van der Waals surface area contributed by atoms with E-state index in [2.05, 4.69) is 0 Å². The largest absolute Gasteiger partial charge is 0.344 e. The van der Waals surface area contributed by atoms with Crippen LogP contribution in [-0.4, -0.2) is 51.7 Å². The van der Waals surface area contributed by atoms with E-state index >= 15 is 0 Å². The first-order chi connectivity index (χ1) is 9.36. The zero-order chi connectivity index (χ0) is 17.7. The second-order valence-corrected chi connectivity index (χ2v) is 13.3. The van der Waals surface area contributed by atoms with Gasteiger partial charge in [0.15, 0.2) is 22.1 Å². The van der Waals surface area contributed by atoms with Crippen molar-refractivity contribution in [3.8, 4) is 0 Å². The molecule has 0 aromatic heterocycles. The summed E-state index contributed by atoms with van der Waals surface area (Å²) in [4.78, 5) is 26.1. The normalized spacial score (nSPS) is 11.3. The molecule has 140 valence electrons. The molecule has 0 aliphatic heterocycles. The summed E-state index contributed by atoms with van der Waals surface area (Å²) in [5.41, 5.74) is 0. The van der Waals surface area contributed by atoms with Crippen molar-refractivity contribution >= 4 is 22.1 Å². The zero-order valence-electron chi connectivity index (χ0n) is 14.5. The predicted octanol–water partition coefficient (Wildman–Crippen LogP) is 3.89. The Morgan fingerprint density at radius 1 is 0.500 bits per heavy atom. The van der Waals surface area contributed by atoms with Crippen molar-refractivity contribution in [1.82, 2.24) is 0 Å². The van der Waals surface area contributed by atoms with Crippen molar-refractivity contribution in [2.75, 3.05) is 37.0 Å². The van der Waals surface area contributed by atoms with E-state index in [-0.39, 0.29) is 17.1 Å². The molecular formula is C12H33FeO6P3. The third-order valence-corrected chi connectivity index (χ3v) is 8.89. The Kier molecular flexibility index (Phi) is 21.9. The summed E-state index contributed by atoms with van der Waals surface area (Å²) in [6.45, 7) is 10.4. The molecule has 0 unspecified atom stereocenters. The second kappa shape index (κ2) is 15.6. The van der Waals surface area contributed by atoms with Gasteiger partial charge in [0.05, 0.1) is 0 Å². The van der Waals surface area contributed by atoms with Crippen LogP contribution >= 0.6 is 22.1 Å². The Bertz CT molecular complexity index is 308. The summed E-state index contributed by atoms with van der Waals surface area (Å²) >= 11 is 0. The fraction of sp³-hybridized carbons (Fsp3) is 1.00. The van der Waals surface area contributed by atoms with E-state index in [0.29, 0.717) is 37.0 Å². The van der Waals surface area contributed by atoms with Gasteiger partial charge in [0.25, 0.3) is 0 Å². The average Bonchev–Trinajstić information content (AvgIpc) is 2.48. The molecule has 10 heteroatoms. The molecule has 0 radical (unpaired) electrons. The van der Waals surface area contributed by atoms with Crippen molar-refractivity contribution in [1.29, 1.82) is 0 Å². The van der Waals surface area contributed by atoms with Gasteiger partial charge >= 0.3 is 0 Å². The topological polar surface area (TPSA) is 112 Å². The van der Waals surface area contributed by atoms with Crippen LogP contribution in [0.5, 0.6) is 0 Å². The van der Waals surface area contributed by atoms with Crippen molar-refractivity contribution in [2.24, 2.45) is 0 Å². The van der Waals surface area contributed by atoms with Gasteiger partial charge in [-0.3, -0.25) is 13.7 Å². The van der Waals surface area contributed by atoms with Gasteiger partial charge in [-0.2, -0.15) is 0 Å². The maximum atomic E-state index is 10.5. The molecule has 0 rings (SSSR count). The molecule has 0 aliphatic carbocycles. The van der Waals surface area contributed by atoms with Crippen LogP contribution in [0.4, 0.5) is 0 Å². The van der Waals surface area contributed by atoms with Crippen molar-refractivity contribution < 1.29 is 45.4 Å². The minimum Gasteiger partial charge on any atom is -0.344 e. The van der Waals surface area contributed by atoms with Gasteiger partial charge in [-0.1, -0.05) is 41.5 Å². The molecule has 0 bridgehead atoms. The summed E-state index contributed by atoms with van der Waals surface area (Å²) in [5, 5.41) is 0. The summed E-state index contributed by atoms with van der Waals surface area (Å²) < 4.78 is 31.5. The van der Waals surface area contributed by atoms with E-state index in [4.69, 9.17) is 14.7 Å². The molecule has 0 saturated carbocycles. The standard InChI is InChI=1S/3C4H11O2P.Fe/c3*1-3-7(5,6)4-2;/h3*3-4H2,1-2H3,(H,5,6);. The first kappa shape index (κ1) is 30.9. The molecule has 3 N–H and O–H groups in total. The van der Waals surface area contributed by atoms with Gasteiger partial charge in [-0.15, -0.1) is 0 Å². The summed E-state index contributed by atoms with van der Waals surface area (Å²) in [7, 11) is -7.96. The van der Waals surface area contributed by atoms with Gasteiger partial charge in [0, 0.05) is 54.0 Å². The second-order valence-electron chi connectivity index (χ2n) is 4.44. The van der Waals surface area contributed by atoms with Crippen LogP contribution in [0.3, 0.4) is 0 Å². The smallest absolute Gasteiger partial charge is 0.200 e. The first-order valence-corrected chi connectivity index (χ1v) is 13.4. The van der Waals surface area contributed by atoms with Crippen molar-refractivity contribution in [2.45, 2.75) is 41.5 Å². The molecule has 0 aliphatic rings. The number of hydrogen-bond donors (Lipinski definition) is 3. The molecule has 0 atom stereocenters. The third-order valence-electron chi connectivity index (χ3n) is 2.96. The molecule has 0 aromatic rings. The Balaban J connectivity index is -0.000000108. The Hall–Kier alpha value is 1.09. The van der Waals surface area contributed by atoms with Crippen LogP contribution < -0.4 is 0 Å². The molecule has 6 nitrogen and oxygen atoms in total. The molecule has 0 saturated heterocycles. The Morgan fingerprint density at radius 3 is 0.591 bits per heavy atom. The van der Waals surface area contributed by atoms with E-state index in [1.165, 1.54) is 0 Å². The summed E-state index contributed by atoms with van der Waals surface area (Å²) in [6, 6.07) is 0. The van der Waals surface area contributed by atoms with Gasteiger partial charge in [0.1, 0.15) is 0 Å². The minimum absolute atomic E-state index is 0. The van der Waals surface area contributed by atoms with Crippen LogP contribution in [0.2, 0.25) is 0 Å². The SMILES string of the molecule is CCP(=O)(O)CC.CCP(=O)(O)CC.CCP(=O)(O)CC.[Fe]. The monoisotopic (exact) mass is 422 g/mol. The average molecular weight is 422 g/mol. The van der Waals surface area contributed by atoms with Gasteiger partial charge in [0.2, 0.25) is 0 Å². The van der Waals surface area contributed by atoms with Crippen LogP contribution in [0, 0.1) is 0 Å². The number of hydrogen-bond acceptors (Lipinski definition) is 3. The van der Waals surface area contributed by atoms with E-state index in [0.717, 1.165) is 0 Å². The fourth-order valence-electron chi connectivity index (χ4n) is 0.671. The molecule has 0 fully saturated rings. The van der Waals surface area contributed by atoms with Gasteiger partial charge in [-0.05, 0) is 0 Å². The summed E-state index contributed by atoms with van der Waals surface area (Å²) in [5.74, 6) is 0. The van der Waals surface area contributed by atoms with E-state index in [9.17, 15) is 13.7 Å². The number of rotatable bonds is 6. The quantitative estimate of drug-likeness (QED) is 0.443. The molecular weight excluding hydrogens is 389 g/mol.